The van der Waals surface area contributed by atoms with E-state index in [-0.39, 0.29) is 5.41 Å². The Balaban J connectivity index is 1.93. The lowest BCUT2D eigenvalue weighted by molar-refractivity contribution is 0.0511. The maximum absolute atomic E-state index is 13.6. The molecule has 98 valence electrons. The van der Waals surface area contributed by atoms with Crippen LogP contribution in [0.3, 0.4) is 0 Å². The largest absolute Gasteiger partial charge is 0.377 e. The van der Waals surface area contributed by atoms with Gasteiger partial charge in [0.2, 0.25) is 0 Å². The van der Waals surface area contributed by atoms with Gasteiger partial charge < -0.3 is 9.64 Å². The molecule has 0 N–H and O–H groups in total. The molecule has 0 saturated carbocycles. The molecule has 0 atom stereocenters. The predicted octanol–water partition coefficient (Wildman–Crippen LogP) is 2.99. The van der Waals surface area contributed by atoms with Crippen molar-refractivity contribution < 1.29 is 13.5 Å². The van der Waals surface area contributed by atoms with E-state index >= 15 is 0 Å². The van der Waals surface area contributed by atoms with Gasteiger partial charge in [0.1, 0.15) is 11.6 Å². The van der Waals surface area contributed by atoms with E-state index in [0.717, 1.165) is 6.07 Å². The molecule has 4 heteroatoms. The summed E-state index contributed by atoms with van der Waals surface area (Å²) in [4.78, 5) is 1.89. The topological polar surface area (TPSA) is 12.5 Å². The Labute approximate surface area is 106 Å². The first-order valence-electron chi connectivity index (χ1n) is 5.93. The summed E-state index contributed by atoms with van der Waals surface area (Å²) in [6.07, 6.45) is 1.71. The van der Waals surface area contributed by atoms with Gasteiger partial charge in [-0.1, -0.05) is 13.0 Å². The molecule has 1 saturated heterocycles. The number of anilines is 1. The summed E-state index contributed by atoms with van der Waals surface area (Å²) in [6.45, 7) is 8.26. The molecule has 0 unspecified atom stereocenters. The molecule has 2 nitrogen and oxygen atoms in total. The van der Waals surface area contributed by atoms with Crippen LogP contribution in [0.1, 0.15) is 6.92 Å². The number of rotatable bonds is 5. The minimum atomic E-state index is -0.547. The Bertz CT molecular complexity index is 441. The highest BCUT2D eigenvalue weighted by molar-refractivity contribution is 5.51. The zero-order chi connectivity index (χ0) is 13.2. The molecule has 0 spiro atoms. The highest BCUT2D eigenvalue weighted by Crippen LogP contribution is 2.35. The van der Waals surface area contributed by atoms with Gasteiger partial charge >= 0.3 is 0 Å². The number of halogens is 2. The summed E-state index contributed by atoms with van der Waals surface area (Å²) in [6, 6.07) is 3.68. The van der Waals surface area contributed by atoms with Crippen molar-refractivity contribution in [2.75, 3.05) is 31.2 Å². The van der Waals surface area contributed by atoms with Gasteiger partial charge in [-0.3, -0.25) is 0 Å². The summed E-state index contributed by atoms with van der Waals surface area (Å²) in [7, 11) is 0. The molecular formula is C14H17F2NO. The summed E-state index contributed by atoms with van der Waals surface area (Å²) in [5.74, 6) is -1.06. The first kappa shape index (κ1) is 13.0. The molecule has 1 aromatic carbocycles. The maximum atomic E-state index is 13.6. The zero-order valence-electron chi connectivity index (χ0n) is 10.5. The quantitative estimate of drug-likeness (QED) is 0.591. The Kier molecular flexibility index (Phi) is 3.66. The van der Waals surface area contributed by atoms with Gasteiger partial charge in [-0.15, -0.1) is 6.58 Å². The summed E-state index contributed by atoms with van der Waals surface area (Å²) in [5.41, 5.74) is 0.488. The Morgan fingerprint density at radius 1 is 1.44 bits per heavy atom. The van der Waals surface area contributed by atoms with Gasteiger partial charge in [0, 0.05) is 24.6 Å². The molecule has 0 aliphatic carbocycles. The van der Waals surface area contributed by atoms with Crippen LogP contribution in [0, 0.1) is 17.0 Å². The van der Waals surface area contributed by atoms with Crippen molar-refractivity contribution in [3.8, 4) is 0 Å². The predicted molar refractivity (Wildman–Crippen MR) is 67.7 cm³/mol. The van der Waals surface area contributed by atoms with Crippen molar-refractivity contribution in [3.05, 3.63) is 42.5 Å². The second kappa shape index (κ2) is 5.06. The monoisotopic (exact) mass is 253 g/mol. The number of nitrogens with zero attached hydrogens (tertiary/aromatic N) is 1. The van der Waals surface area contributed by atoms with Gasteiger partial charge in [-0.05, 0) is 12.1 Å². The molecule has 1 aliphatic heterocycles. The van der Waals surface area contributed by atoms with Crippen LogP contribution < -0.4 is 4.90 Å². The van der Waals surface area contributed by atoms with Crippen LogP contribution >= 0.6 is 0 Å². The van der Waals surface area contributed by atoms with Gasteiger partial charge in [-0.25, -0.2) is 8.78 Å². The normalized spacial score (nSPS) is 17.4. The second-order valence-corrected chi connectivity index (χ2v) is 5.07. The SMILES string of the molecule is C=CCOCC1(C)CN(c2ccc(F)cc2F)C1. The Morgan fingerprint density at radius 2 is 2.17 bits per heavy atom. The first-order chi connectivity index (χ1) is 8.54. The van der Waals surface area contributed by atoms with Crippen LogP contribution in [-0.4, -0.2) is 26.3 Å². The van der Waals surface area contributed by atoms with Crippen molar-refractivity contribution in [1.29, 1.82) is 0 Å². The Morgan fingerprint density at radius 3 is 2.78 bits per heavy atom. The summed E-state index contributed by atoms with van der Waals surface area (Å²) >= 11 is 0. The highest BCUT2D eigenvalue weighted by Gasteiger charge is 2.39. The van der Waals surface area contributed by atoms with E-state index in [0.29, 0.717) is 32.0 Å². The van der Waals surface area contributed by atoms with E-state index in [9.17, 15) is 8.78 Å². The molecule has 2 rings (SSSR count). The van der Waals surface area contributed by atoms with Crippen LogP contribution in [-0.2, 0) is 4.74 Å². The van der Waals surface area contributed by atoms with Crippen molar-refractivity contribution in [2.24, 2.45) is 5.41 Å². The lowest BCUT2D eigenvalue weighted by atomic mass is 9.82. The van der Waals surface area contributed by atoms with Gasteiger partial charge in [-0.2, -0.15) is 0 Å². The molecule has 0 amide bonds. The molecule has 18 heavy (non-hydrogen) atoms. The minimum Gasteiger partial charge on any atom is -0.377 e. The third-order valence-electron chi connectivity index (χ3n) is 3.08. The van der Waals surface area contributed by atoms with E-state index in [1.54, 1.807) is 6.08 Å². The van der Waals surface area contributed by atoms with Crippen molar-refractivity contribution in [1.82, 2.24) is 0 Å². The smallest absolute Gasteiger partial charge is 0.149 e. The van der Waals surface area contributed by atoms with Gasteiger partial charge in [0.25, 0.3) is 0 Å². The van der Waals surface area contributed by atoms with Crippen molar-refractivity contribution >= 4 is 5.69 Å². The molecule has 1 heterocycles. The van der Waals surface area contributed by atoms with Gasteiger partial charge in [0.05, 0.1) is 18.9 Å². The molecule has 1 aliphatic rings. The summed E-state index contributed by atoms with van der Waals surface area (Å²) in [5, 5.41) is 0. The third kappa shape index (κ3) is 2.70. The Hall–Kier alpha value is -1.42. The van der Waals surface area contributed by atoms with E-state index in [4.69, 9.17) is 4.74 Å². The lowest BCUT2D eigenvalue weighted by Gasteiger charge is -2.49. The number of hydrogen-bond donors (Lipinski definition) is 0. The molecule has 0 radical (unpaired) electrons. The van der Waals surface area contributed by atoms with Gasteiger partial charge in [0.15, 0.2) is 0 Å². The van der Waals surface area contributed by atoms with Crippen molar-refractivity contribution in [2.45, 2.75) is 6.92 Å². The van der Waals surface area contributed by atoms with Crippen LogP contribution in [0.4, 0.5) is 14.5 Å². The average Bonchev–Trinajstić information content (AvgIpc) is 2.26. The molecular weight excluding hydrogens is 236 g/mol. The fourth-order valence-electron chi connectivity index (χ4n) is 2.26. The van der Waals surface area contributed by atoms with E-state index in [2.05, 4.69) is 13.5 Å². The van der Waals surface area contributed by atoms with Crippen LogP contribution in [0.5, 0.6) is 0 Å². The fraction of sp³-hybridized carbons (Fsp3) is 0.429. The van der Waals surface area contributed by atoms with Crippen LogP contribution in [0.25, 0.3) is 0 Å². The van der Waals surface area contributed by atoms with Crippen LogP contribution in [0.2, 0.25) is 0 Å². The zero-order valence-corrected chi connectivity index (χ0v) is 10.5. The van der Waals surface area contributed by atoms with E-state index in [1.807, 2.05) is 4.90 Å². The first-order valence-corrected chi connectivity index (χ1v) is 5.93. The lowest BCUT2D eigenvalue weighted by Crippen LogP contribution is -2.57. The molecule has 1 fully saturated rings. The standard InChI is InChI=1S/C14H17F2NO/c1-3-6-18-10-14(2)8-17(9-14)13-5-4-11(15)7-12(13)16/h3-5,7H,1,6,8-10H2,2H3. The second-order valence-electron chi connectivity index (χ2n) is 5.07. The number of benzene rings is 1. The van der Waals surface area contributed by atoms with Crippen molar-refractivity contribution in [3.63, 3.8) is 0 Å². The highest BCUT2D eigenvalue weighted by atomic mass is 19.1. The number of hydrogen-bond acceptors (Lipinski definition) is 2. The maximum Gasteiger partial charge on any atom is 0.149 e. The van der Waals surface area contributed by atoms with E-state index in [1.165, 1.54) is 12.1 Å². The summed E-state index contributed by atoms with van der Waals surface area (Å²) < 4.78 is 31.8. The van der Waals surface area contributed by atoms with Crippen LogP contribution in [0.15, 0.2) is 30.9 Å². The number of ether oxygens (including phenoxy) is 1. The molecule has 0 aromatic heterocycles. The molecule has 0 bridgehead atoms. The molecule has 1 aromatic rings. The average molecular weight is 253 g/mol. The van der Waals surface area contributed by atoms with E-state index < -0.39 is 11.6 Å². The minimum absolute atomic E-state index is 0.0316. The fourth-order valence-corrected chi connectivity index (χ4v) is 2.26. The third-order valence-corrected chi connectivity index (χ3v) is 3.08.